The Bertz CT molecular complexity index is 570. The summed E-state index contributed by atoms with van der Waals surface area (Å²) in [5, 5.41) is 0. The van der Waals surface area contributed by atoms with E-state index < -0.39 is 0 Å². The number of amides is 1. The summed E-state index contributed by atoms with van der Waals surface area (Å²) in [5.74, 6) is 0.0706. The van der Waals surface area contributed by atoms with Gasteiger partial charge in [-0.15, -0.1) is 0 Å². The van der Waals surface area contributed by atoms with Gasteiger partial charge in [0.1, 0.15) is 0 Å². The molecule has 1 amide bonds. The van der Waals surface area contributed by atoms with Crippen LogP contribution < -0.4 is 5.56 Å². The molecule has 4 nitrogen and oxygen atoms in total. The second kappa shape index (κ2) is 5.08. The van der Waals surface area contributed by atoms with Crippen molar-refractivity contribution in [2.45, 2.75) is 45.4 Å². The maximum Gasteiger partial charge on any atom is 0.255 e. The molecule has 0 atom stereocenters. The summed E-state index contributed by atoms with van der Waals surface area (Å²) < 4.78 is 0. The Labute approximate surface area is 119 Å². The third-order valence-electron chi connectivity index (χ3n) is 5.00. The van der Waals surface area contributed by atoms with Crippen molar-refractivity contribution >= 4 is 5.91 Å². The molecule has 0 unspecified atom stereocenters. The molecule has 2 aliphatic rings. The Kier molecular flexibility index (Phi) is 3.40. The summed E-state index contributed by atoms with van der Waals surface area (Å²) in [7, 11) is 0. The minimum Gasteiger partial charge on any atom is -0.338 e. The Balaban J connectivity index is 1.77. The van der Waals surface area contributed by atoms with Crippen LogP contribution in [0.25, 0.3) is 0 Å². The molecule has 1 aromatic rings. The van der Waals surface area contributed by atoms with Crippen molar-refractivity contribution < 1.29 is 4.79 Å². The Hall–Kier alpha value is -1.58. The molecule has 1 aromatic heterocycles. The van der Waals surface area contributed by atoms with E-state index in [1.54, 1.807) is 6.20 Å². The largest absolute Gasteiger partial charge is 0.338 e. The van der Waals surface area contributed by atoms with Crippen LogP contribution in [0.5, 0.6) is 0 Å². The number of nitrogens with one attached hydrogen (secondary N) is 1. The molecular weight excluding hydrogens is 252 g/mol. The maximum atomic E-state index is 12.6. The summed E-state index contributed by atoms with van der Waals surface area (Å²) in [4.78, 5) is 28.4. The summed E-state index contributed by atoms with van der Waals surface area (Å²) >= 11 is 0. The van der Waals surface area contributed by atoms with Crippen molar-refractivity contribution in [1.29, 1.82) is 0 Å². The van der Waals surface area contributed by atoms with E-state index in [2.05, 4.69) is 4.98 Å². The zero-order chi connectivity index (χ0) is 14.2. The summed E-state index contributed by atoms with van der Waals surface area (Å²) in [6, 6.07) is 1.50. The molecule has 108 valence electrons. The fourth-order valence-corrected chi connectivity index (χ4v) is 3.79. The zero-order valence-electron chi connectivity index (χ0n) is 12.1. The van der Waals surface area contributed by atoms with Crippen molar-refractivity contribution in [2.75, 3.05) is 13.1 Å². The SMILES string of the molecule is Cc1cc(=O)[nH]cc1C(=O)N1CCC2(CCCCC2)C1. The van der Waals surface area contributed by atoms with Crippen molar-refractivity contribution in [3.63, 3.8) is 0 Å². The first-order valence-electron chi connectivity index (χ1n) is 7.58. The standard InChI is InChI=1S/C16H22N2O2/c1-12-9-14(19)17-10-13(12)15(20)18-8-7-16(11-18)5-3-2-4-6-16/h9-10H,2-8,11H2,1H3,(H,17,19). The number of H-pyrrole nitrogens is 1. The molecule has 1 aliphatic carbocycles. The van der Waals surface area contributed by atoms with Crippen molar-refractivity contribution in [2.24, 2.45) is 5.41 Å². The van der Waals surface area contributed by atoms with Crippen LogP contribution >= 0.6 is 0 Å². The van der Waals surface area contributed by atoms with E-state index in [1.807, 2.05) is 11.8 Å². The fraction of sp³-hybridized carbons (Fsp3) is 0.625. The Morgan fingerprint density at radius 1 is 1.25 bits per heavy atom. The highest BCUT2D eigenvalue weighted by atomic mass is 16.2. The first-order chi connectivity index (χ1) is 9.60. The predicted octanol–water partition coefficient (Wildman–Crippen LogP) is 2.48. The van der Waals surface area contributed by atoms with E-state index in [0.29, 0.717) is 11.0 Å². The van der Waals surface area contributed by atoms with Gasteiger partial charge in [-0.1, -0.05) is 19.3 Å². The van der Waals surface area contributed by atoms with E-state index in [0.717, 1.165) is 25.1 Å². The van der Waals surface area contributed by atoms with Crippen LogP contribution in [0.4, 0.5) is 0 Å². The van der Waals surface area contributed by atoms with Gasteiger partial charge in [0.05, 0.1) is 5.56 Å². The molecule has 1 spiro atoms. The maximum absolute atomic E-state index is 12.6. The molecule has 3 rings (SSSR count). The van der Waals surface area contributed by atoms with E-state index in [4.69, 9.17) is 0 Å². The molecular formula is C16H22N2O2. The summed E-state index contributed by atoms with van der Waals surface area (Å²) in [5.41, 5.74) is 1.63. The number of aromatic amines is 1. The number of likely N-dealkylation sites (tertiary alicyclic amines) is 1. The number of pyridine rings is 1. The van der Waals surface area contributed by atoms with Gasteiger partial charge in [-0.05, 0) is 37.2 Å². The third-order valence-corrected chi connectivity index (χ3v) is 5.00. The highest BCUT2D eigenvalue weighted by Gasteiger charge is 2.40. The minimum absolute atomic E-state index is 0.0706. The number of aryl methyl sites for hydroxylation is 1. The topological polar surface area (TPSA) is 53.2 Å². The van der Waals surface area contributed by atoms with Gasteiger partial charge in [0.2, 0.25) is 5.56 Å². The van der Waals surface area contributed by atoms with E-state index >= 15 is 0 Å². The highest BCUT2D eigenvalue weighted by molar-refractivity contribution is 5.95. The van der Waals surface area contributed by atoms with Crippen molar-refractivity contribution in [3.05, 3.63) is 33.7 Å². The monoisotopic (exact) mass is 274 g/mol. The van der Waals surface area contributed by atoms with Gasteiger partial charge in [0, 0.05) is 25.4 Å². The Morgan fingerprint density at radius 3 is 2.70 bits per heavy atom. The number of nitrogens with zero attached hydrogens (tertiary/aromatic N) is 1. The average Bonchev–Trinajstić information content (AvgIpc) is 2.83. The van der Waals surface area contributed by atoms with Crippen LogP contribution in [0, 0.1) is 12.3 Å². The number of hydrogen-bond donors (Lipinski definition) is 1. The van der Waals surface area contributed by atoms with Crippen LogP contribution in [0.2, 0.25) is 0 Å². The molecule has 4 heteroatoms. The highest BCUT2D eigenvalue weighted by Crippen LogP contribution is 2.43. The predicted molar refractivity (Wildman–Crippen MR) is 77.8 cm³/mol. The van der Waals surface area contributed by atoms with E-state index in [9.17, 15) is 9.59 Å². The van der Waals surface area contributed by atoms with Gasteiger partial charge in [-0.3, -0.25) is 9.59 Å². The first kappa shape index (κ1) is 13.4. The summed E-state index contributed by atoms with van der Waals surface area (Å²) in [6.07, 6.45) is 9.18. The van der Waals surface area contributed by atoms with Crippen LogP contribution in [0.3, 0.4) is 0 Å². The van der Waals surface area contributed by atoms with Crippen LogP contribution in [0.1, 0.15) is 54.4 Å². The molecule has 0 bridgehead atoms. The van der Waals surface area contributed by atoms with E-state index in [-0.39, 0.29) is 11.5 Å². The van der Waals surface area contributed by atoms with Gasteiger partial charge < -0.3 is 9.88 Å². The fourth-order valence-electron chi connectivity index (χ4n) is 3.79. The minimum atomic E-state index is -0.149. The number of hydrogen-bond acceptors (Lipinski definition) is 2. The lowest BCUT2D eigenvalue weighted by atomic mass is 9.73. The molecule has 0 radical (unpaired) electrons. The van der Waals surface area contributed by atoms with E-state index in [1.165, 1.54) is 38.2 Å². The van der Waals surface area contributed by atoms with Crippen LogP contribution in [-0.4, -0.2) is 28.9 Å². The van der Waals surface area contributed by atoms with Gasteiger partial charge in [-0.25, -0.2) is 0 Å². The van der Waals surface area contributed by atoms with Crippen molar-refractivity contribution in [1.82, 2.24) is 9.88 Å². The third kappa shape index (κ3) is 2.39. The molecule has 2 fully saturated rings. The number of rotatable bonds is 1. The molecule has 1 N–H and O–H groups in total. The van der Waals surface area contributed by atoms with Gasteiger partial charge >= 0.3 is 0 Å². The zero-order valence-corrected chi connectivity index (χ0v) is 12.1. The van der Waals surface area contributed by atoms with Gasteiger partial charge in [-0.2, -0.15) is 0 Å². The quantitative estimate of drug-likeness (QED) is 0.855. The molecule has 0 aromatic carbocycles. The summed E-state index contributed by atoms with van der Waals surface area (Å²) in [6.45, 7) is 3.58. The smallest absolute Gasteiger partial charge is 0.255 e. The Morgan fingerprint density at radius 2 is 2.00 bits per heavy atom. The van der Waals surface area contributed by atoms with Crippen LogP contribution in [0.15, 0.2) is 17.1 Å². The van der Waals surface area contributed by atoms with Gasteiger partial charge in [0.15, 0.2) is 0 Å². The number of aromatic nitrogens is 1. The molecule has 20 heavy (non-hydrogen) atoms. The lowest BCUT2D eigenvalue weighted by Gasteiger charge is -2.33. The number of carbonyl (C=O) groups is 1. The molecule has 1 aliphatic heterocycles. The van der Waals surface area contributed by atoms with Gasteiger partial charge in [0.25, 0.3) is 5.91 Å². The second-order valence-electron chi connectivity index (χ2n) is 6.43. The van der Waals surface area contributed by atoms with Crippen molar-refractivity contribution in [3.8, 4) is 0 Å². The molecule has 1 saturated heterocycles. The normalized spacial score (nSPS) is 21.4. The lowest BCUT2D eigenvalue weighted by molar-refractivity contribution is 0.0757. The number of carbonyl (C=O) groups excluding carboxylic acids is 1. The van der Waals surface area contributed by atoms with Crippen LogP contribution in [-0.2, 0) is 0 Å². The molecule has 2 heterocycles. The first-order valence-corrected chi connectivity index (χ1v) is 7.58. The molecule has 1 saturated carbocycles. The lowest BCUT2D eigenvalue weighted by Crippen LogP contribution is -2.34. The average molecular weight is 274 g/mol. The second-order valence-corrected chi connectivity index (χ2v) is 6.43.